The van der Waals surface area contributed by atoms with Crippen molar-refractivity contribution in [2.45, 2.75) is 0 Å². The zero-order valence-electron chi connectivity index (χ0n) is 7.76. The third-order valence-corrected chi connectivity index (χ3v) is 2.64. The molecule has 0 saturated heterocycles. The molecular formula is C8H8Cl2N2O2S. The summed E-state index contributed by atoms with van der Waals surface area (Å²) >= 11 is 5.66. The van der Waals surface area contributed by atoms with Gasteiger partial charge in [0.2, 0.25) is 5.29 Å². The maximum Gasteiger partial charge on any atom is 0.342 e. The van der Waals surface area contributed by atoms with Crippen LogP contribution in [0, 0.1) is 0 Å². The van der Waals surface area contributed by atoms with E-state index in [0.717, 1.165) is 0 Å². The van der Waals surface area contributed by atoms with Gasteiger partial charge in [0.15, 0.2) is 0 Å². The lowest BCUT2D eigenvalue weighted by Gasteiger charge is -2.15. The highest BCUT2D eigenvalue weighted by atomic mass is 35.7. The highest BCUT2D eigenvalue weighted by molar-refractivity contribution is 8.12. The number of benzene rings is 1. The van der Waals surface area contributed by atoms with Gasteiger partial charge in [-0.3, -0.25) is 0 Å². The third kappa shape index (κ3) is 4.07. The summed E-state index contributed by atoms with van der Waals surface area (Å²) in [6.45, 7) is 0. The van der Waals surface area contributed by atoms with E-state index in [1.165, 1.54) is 4.90 Å². The summed E-state index contributed by atoms with van der Waals surface area (Å²) < 4.78 is 24.4. The second-order valence-electron chi connectivity index (χ2n) is 2.67. The van der Waals surface area contributed by atoms with Crippen molar-refractivity contribution in [2.24, 2.45) is 4.40 Å². The summed E-state index contributed by atoms with van der Waals surface area (Å²) in [5.74, 6) is 0. The fraction of sp³-hybridized carbons (Fsp3) is 0.125. The molecular weight excluding hydrogens is 259 g/mol. The smallest absolute Gasteiger partial charge is 0.319 e. The van der Waals surface area contributed by atoms with Gasteiger partial charge < -0.3 is 4.90 Å². The Kier molecular flexibility index (Phi) is 3.96. The number of amidine groups is 1. The van der Waals surface area contributed by atoms with Gasteiger partial charge in [-0.15, -0.1) is 4.40 Å². The van der Waals surface area contributed by atoms with Crippen molar-refractivity contribution >= 4 is 42.5 Å². The normalized spacial score (nSPS) is 12.6. The maximum absolute atomic E-state index is 10.6. The minimum Gasteiger partial charge on any atom is -0.319 e. The molecule has 0 aliphatic rings. The quantitative estimate of drug-likeness (QED) is 0.357. The van der Waals surface area contributed by atoms with Crippen LogP contribution in [0.4, 0.5) is 5.69 Å². The molecule has 0 spiro atoms. The van der Waals surface area contributed by atoms with Crippen LogP contribution in [0.3, 0.4) is 0 Å². The molecule has 4 nitrogen and oxygen atoms in total. The van der Waals surface area contributed by atoms with Crippen LogP contribution in [0.15, 0.2) is 34.7 Å². The molecule has 0 unspecified atom stereocenters. The summed E-state index contributed by atoms with van der Waals surface area (Å²) in [6.07, 6.45) is 0. The van der Waals surface area contributed by atoms with E-state index >= 15 is 0 Å². The van der Waals surface area contributed by atoms with Crippen molar-refractivity contribution in [3.63, 3.8) is 0 Å². The van der Waals surface area contributed by atoms with Crippen LogP contribution in [-0.4, -0.2) is 20.8 Å². The first-order valence-electron chi connectivity index (χ1n) is 3.89. The van der Waals surface area contributed by atoms with Gasteiger partial charge in [-0.25, -0.2) is 0 Å². The number of nitrogens with zero attached hydrogens (tertiary/aromatic N) is 2. The number of para-hydroxylation sites is 1. The van der Waals surface area contributed by atoms with E-state index in [4.69, 9.17) is 22.3 Å². The van der Waals surface area contributed by atoms with Gasteiger partial charge in [0.1, 0.15) is 0 Å². The monoisotopic (exact) mass is 266 g/mol. The Labute approximate surface area is 97.7 Å². The lowest BCUT2D eigenvalue weighted by molar-refractivity contribution is 0.611. The maximum atomic E-state index is 10.6. The van der Waals surface area contributed by atoms with Gasteiger partial charge in [-0.2, -0.15) is 8.42 Å². The fourth-order valence-electron chi connectivity index (χ4n) is 0.909. The molecule has 0 atom stereocenters. The topological polar surface area (TPSA) is 49.7 Å². The van der Waals surface area contributed by atoms with E-state index in [-0.39, 0.29) is 5.29 Å². The number of halogens is 2. The number of rotatable bonds is 2. The minimum atomic E-state index is -3.99. The molecule has 1 rings (SSSR count). The molecule has 0 radical (unpaired) electrons. The molecule has 82 valence electrons. The molecule has 0 aliphatic heterocycles. The van der Waals surface area contributed by atoms with Gasteiger partial charge in [-0.05, 0) is 23.7 Å². The van der Waals surface area contributed by atoms with Gasteiger partial charge in [0.25, 0.3) is 0 Å². The molecule has 1 aromatic carbocycles. The largest absolute Gasteiger partial charge is 0.342 e. The van der Waals surface area contributed by atoms with Crippen molar-refractivity contribution in [3.8, 4) is 0 Å². The lowest BCUT2D eigenvalue weighted by atomic mass is 10.3. The second-order valence-corrected chi connectivity index (χ2v) is 5.18. The Bertz CT molecular complexity index is 459. The van der Waals surface area contributed by atoms with Gasteiger partial charge in [0.05, 0.1) is 0 Å². The summed E-state index contributed by atoms with van der Waals surface area (Å²) in [5, 5.41) is -0.212. The first kappa shape index (κ1) is 12.3. The van der Waals surface area contributed by atoms with E-state index in [1.807, 2.05) is 6.07 Å². The zero-order chi connectivity index (χ0) is 11.5. The predicted octanol–water partition coefficient (Wildman–Crippen LogP) is 2.20. The summed E-state index contributed by atoms with van der Waals surface area (Å²) in [4.78, 5) is 1.40. The van der Waals surface area contributed by atoms with Crippen LogP contribution in [0.1, 0.15) is 0 Å². The Hall–Kier alpha value is -0.780. The predicted molar refractivity (Wildman–Crippen MR) is 62.9 cm³/mol. The fourth-order valence-corrected chi connectivity index (χ4v) is 1.88. The van der Waals surface area contributed by atoms with Crippen LogP contribution < -0.4 is 4.90 Å². The average molecular weight is 267 g/mol. The molecule has 7 heteroatoms. The standard InChI is InChI=1S/C8H8Cl2N2O2S/c1-12(7-5-3-2-4-6-7)8(9)11-15(10,13)14/h2-6H,1H3/b11-8+. The third-order valence-electron chi connectivity index (χ3n) is 1.60. The molecule has 15 heavy (non-hydrogen) atoms. The molecule has 0 heterocycles. The van der Waals surface area contributed by atoms with Crippen molar-refractivity contribution < 1.29 is 8.42 Å². The molecule has 0 aliphatic carbocycles. The van der Waals surface area contributed by atoms with Crippen LogP contribution in [0.25, 0.3) is 0 Å². The Morgan fingerprint density at radius 3 is 2.33 bits per heavy atom. The molecule has 0 amide bonds. The van der Waals surface area contributed by atoms with Crippen LogP contribution in [0.5, 0.6) is 0 Å². The number of hydrogen-bond donors (Lipinski definition) is 0. The molecule has 0 saturated carbocycles. The summed E-state index contributed by atoms with van der Waals surface area (Å²) in [7, 11) is 2.53. The van der Waals surface area contributed by atoms with Gasteiger partial charge >= 0.3 is 9.24 Å². The highest BCUT2D eigenvalue weighted by Gasteiger charge is 2.09. The number of hydrogen-bond acceptors (Lipinski definition) is 2. The lowest BCUT2D eigenvalue weighted by Crippen LogP contribution is -2.21. The first-order chi connectivity index (χ1) is 6.90. The van der Waals surface area contributed by atoms with E-state index in [9.17, 15) is 8.42 Å². The molecule has 0 bridgehead atoms. The molecule has 0 fully saturated rings. The van der Waals surface area contributed by atoms with Gasteiger partial charge in [0, 0.05) is 23.4 Å². The number of anilines is 1. The molecule has 1 aromatic rings. The summed E-state index contributed by atoms with van der Waals surface area (Å²) in [5.41, 5.74) is 0.714. The SMILES string of the molecule is CN(/C(Cl)=N/S(=O)(=O)Cl)c1ccccc1. The second kappa shape index (κ2) is 4.83. The van der Waals surface area contributed by atoms with Crippen LogP contribution in [-0.2, 0) is 9.24 Å². The first-order valence-corrected chi connectivity index (χ1v) is 6.53. The molecule has 0 N–H and O–H groups in total. The van der Waals surface area contributed by atoms with Crippen molar-refractivity contribution in [3.05, 3.63) is 30.3 Å². The van der Waals surface area contributed by atoms with Gasteiger partial charge in [-0.1, -0.05) is 18.2 Å². The molecule has 0 aromatic heterocycles. The summed E-state index contributed by atoms with van der Waals surface area (Å²) in [6, 6.07) is 8.95. The van der Waals surface area contributed by atoms with Crippen LogP contribution in [0.2, 0.25) is 0 Å². The highest BCUT2D eigenvalue weighted by Crippen LogP contribution is 2.14. The van der Waals surface area contributed by atoms with E-state index in [0.29, 0.717) is 5.69 Å². The van der Waals surface area contributed by atoms with E-state index in [1.54, 1.807) is 31.3 Å². The van der Waals surface area contributed by atoms with Crippen molar-refractivity contribution in [1.82, 2.24) is 0 Å². The Morgan fingerprint density at radius 1 is 1.33 bits per heavy atom. The Morgan fingerprint density at radius 2 is 1.87 bits per heavy atom. The zero-order valence-corrected chi connectivity index (χ0v) is 10.1. The van der Waals surface area contributed by atoms with Crippen molar-refractivity contribution in [2.75, 3.05) is 11.9 Å². The van der Waals surface area contributed by atoms with Crippen LogP contribution >= 0.6 is 22.3 Å². The van der Waals surface area contributed by atoms with E-state index in [2.05, 4.69) is 4.40 Å². The Balaban J connectivity index is 2.97. The van der Waals surface area contributed by atoms with E-state index < -0.39 is 9.24 Å². The minimum absolute atomic E-state index is 0.212. The van der Waals surface area contributed by atoms with Crippen molar-refractivity contribution in [1.29, 1.82) is 0 Å². The average Bonchev–Trinajstić information content (AvgIpc) is 2.15.